The second-order valence-electron chi connectivity index (χ2n) is 4.52. The zero-order valence-corrected chi connectivity index (χ0v) is 14.4. The molecule has 0 spiro atoms. The smallest absolute Gasteiger partial charge is 0.263 e. The lowest BCUT2D eigenvalue weighted by Crippen LogP contribution is -2.22. The molecule has 1 aromatic carbocycles. The fraction of sp³-hybridized carbons (Fsp3) is 0.143. The van der Waals surface area contributed by atoms with Crippen LogP contribution in [-0.2, 0) is 6.54 Å². The average molecular weight is 382 g/mol. The summed E-state index contributed by atoms with van der Waals surface area (Å²) in [5.74, 6) is -0.159. The van der Waals surface area contributed by atoms with Crippen molar-refractivity contribution in [1.82, 2.24) is 10.3 Å². The summed E-state index contributed by atoms with van der Waals surface area (Å²) in [6.45, 7) is 2.36. The number of amides is 1. The van der Waals surface area contributed by atoms with E-state index in [1.165, 1.54) is 22.7 Å². The van der Waals surface area contributed by atoms with Crippen molar-refractivity contribution in [3.63, 3.8) is 0 Å². The highest BCUT2D eigenvalue weighted by atomic mass is 79.9. The number of thiophene rings is 1. The molecule has 4 nitrogen and oxygen atoms in total. The molecule has 0 radical (unpaired) electrons. The molecule has 2 aromatic heterocycles. The minimum absolute atomic E-state index is 0.159. The van der Waals surface area contributed by atoms with Gasteiger partial charge in [-0.25, -0.2) is 4.98 Å². The molecule has 3 rings (SSSR count). The number of halogens is 1. The fourth-order valence-corrected chi connectivity index (χ4v) is 4.51. The van der Waals surface area contributed by atoms with Crippen molar-refractivity contribution >= 4 is 60.3 Å². The number of fused-ring (bicyclic) bond motifs is 1. The number of anilines is 1. The molecule has 7 heteroatoms. The van der Waals surface area contributed by atoms with Gasteiger partial charge in [-0.15, -0.1) is 22.7 Å². The first kappa shape index (κ1) is 14.5. The Labute approximate surface area is 138 Å². The van der Waals surface area contributed by atoms with Crippen LogP contribution in [0.5, 0.6) is 0 Å². The lowest BCUT2D eigenvalue weighted by molar-refractivity contribution is 0.0956. The lowest BCUT2D eigenvalue weighted by Gasteiger charge is -2.02. The third kappa shape index (κ3) is 2.81. The number of benzene rings is 1. The zero-order valence-electron chi connectivity index (χ0n) is 11.1. The standard InChI is InChI=1S/C14H12BrN3OS2/c1-7-6-20-10(18-7)5-17-14(19)13-12(16)11-8(15)3-2-4-9(11)21-13/h2-4,6H,5,16H2,1H3,(H,17,19). The van der Waals surface area contributed by atoms with E-state index >= 15 is 0 Å². The molecule has 0 aliphatic heterocycles. The van der Waals surface area contributed by atoms with Gasteiger partial charge in [0.25, 0.3) is 5.91 Å². The second-order valence-corrected chi connectivity index (χ2v) is 7.37. The first-order chi connectivity index (χ1) is 10.1. The van der Waals surface area contributed by atoms with Crippen molar-refractivity contribution in [2.45, 2.75) is 13.5 Å². The van der Waals surface area contributed by atoms with Crippen LogP contribution >= 0.6 is 38.6 Å². The van der Waals surface area contributed by atoms with Gasteiger partial charge in [-0.05, 0) is 19.1 Å². The molecule has 3 aromatic rings. The third-order valence-corrected chi connectivity index (χ3v) is 5.77. The summed E-state index contributed by atoms with van der Waals surface area (Å²) < 4.78 is 1.90. The maximum atomic E-state index is 12.3. The monoisotopic (exact) mass is 381 g/mol. The zero-order chi connectivity index (χ0) is 15.0. The van der Waals surface area contributed by atoms with Crippen LogP contribution in [0.3, 0.4) is 0 Å². The van der Waals surface area contributed by atoms with Crippen LogP contribution < -0.4 is 11.1 Å². The molecule has 0 unspecified atom stereocenters. The van der Waals surface area contributed by atoms with E-state index < -0.39 is 0 Å². The Kier molecular flexibility index (Phi) is 3.97. The number of rotatable bonds is 3. The summed E-state index contributed by atoms with van der Waals surface area (Å²) in [5.41, 5.74) is 7.61. The number of carbonyl (C=O) groups excluding carboxylic acids is 1. The lowest BCUT2D eigenvalue weighted by atomic mass is 10.2. The maximum absolute atomic E-state index is 12.3. The Hall–Kier alpha value is -1.44. The molecule has 0 fully saturated rings. The van der Waals surface area contributed by atoms with Crippen LogP contribution in [0.2, 0.25) is 0 Å². The van der Waals surface area contributed by atoms with E-state index in [0.717, 1.165) is 25.3 Å². The van der Waals surface area contributed by atoms with Crippen LogP contribution in [0.15, 0.2) is 28.1 Å². The number of nitrogens with one attached hydrogen (secondary N) is 1. The van der Waals surface area contributed by atoms with E-state index in [-0.39, 0.29) is 5.91 Å². The minimum atomic E-state index is -0.159. The van der Waals surface area contributed by atoms with Crippen molar-refractivity contribution < 1.29 is 4.79 Å². The molecule has 0 aliphatic carbocycles. The number of aryl methyl sites for hydroxylation is 1. The van der Waals surface area contributed by atoms with E-state index in [1.54, 1.807) is 0 Å². The normalized spacial score (nSPS) is 11.0. The van der Waals surface area contributed by atoms with Gasteiger partial charge in [0.1, 0.15) is 9.88 Å². The Morgan fingerprint density at radius 2 is 2.29 bits per heavy atom. The number of thiazole rings is 1. The van der Waals surface area contributed by atoms with Gasteiger partial charge in [0.05, 0.1) is 12.2 Å². The number of carbonyl (C=O) groups is 1. The van der Waals surface area contributed by atoms with E-state index in [1.807, 2.05) is 30.5 Å². The number of nitrogens with two attached hydrogens (primary N) is 1. The first-order valence-electron chi connectivity index (χ1n) is 6.22. The van der Waals surface area contributed by atoms with Crippen molar-refractivity contribution in [2.75, 3.05) is 5.73 Å². The summed E-state index contributed by atoms with van der Waals surface area (Å²) in [5, 5.41) is 6.63. The quantitative estimate of drug-likeness (QED) is 0.721. The number of nitrogens with zero attached hydrogens (tertiary/aromatic N) is 1. The van der Waals surface area contributed by atoms with Gasteiger partial charge in [-0.3, -0.25) is 4.79 Å². The van der Waals surface area contributed by atoms with Gasteiger partial charge < -0.3 is 11.1 Å². The molecule has 0 atom stereocenters. The predicted octanol–water partition coefficient (Wildman–Crippen LogP) is 3.94. The van der Waals surface area contributed by atoms with Crippen LogP contribution in [0, 0.1) is 6.92 Å². The topological polar surface area (TPSA) is 68.0 Å². The van der Waals surface area contributed by atoms with Crippen LogP contribution in [0.1, 0.15) is 20.4 Å². The molecule has 0 aliphatic rings. The highest BCUT2D eigenvalue weighted by Gasteiger charge is 2.17. The second kappa shape index (κ2) is 5.75. The van der Waals surface area contributed by atoms with Crippen molar-refractivity contribution in [1.29, 1.82) is 0 Å². The number of nitrogen functional groups attached to an aromatic ring is 1. The Balaban J connectivity index is 1.84. The summed E-state index contributed by atoms with van der Waals surface area (Å²) in [6, 6.07) is 5.82. The van der Waals surface area contributed by atoms with E-state index in [0.29, 0.717) is 17.1 Å². The van der Waals surface area contributed by atoms with Crippen molar-refractivity contribution in [2.24, 2.45) is 0 Å². The highest BCUT2D eigenvalue weighted by molar-refractivity contribution is 9.10. The largest absolute Gasteiger partial charge is 0.397 e. The van der Waals surface area contributed by atoms with Gasteiger partial charge in [-0.1, -0.05) is 22.0 Å². The summed E-state index contributed by atoms with van der Waals surface area (Å²) in [4.78, 5) is 17.2. The first-order valence-corrected chi connectivity index (χ1v) is 8.71. The number of hydrogen-bond donors (Lipinski definition) is 2. The molecule has 108 valence electrons. The molecule has 1 amide bonds. The molecular weight excluding hydrogens is 370 g/mol. The maximum Gasteiger partial charge on any atom is 0.263 e. The summed E-state index contributed by atoms with van der Waals surface area (Å²) >= 11 is 6.41. The van der Waals surface area contributed by atoms with Gasteiger partial charge in [0, 0.05) is 25.6 Å². The molecule has 0 bridgehead atoms. The molecule has 21 heavy (non-hydrogen) atoms. The fourth-order valence-electron chi connectivity index (χ4n) is 2.02. The highest BCUT2D eigenvalue weighted by Crippen LogP contribution is 2.38. The SMILES string of the molecule is Cc1csc(CNC(=O)c2sc3cccc(Br)c3c2N)n1. The molecular formula is C14H12BrN3OS2. The molecule has 3 N–H and O–H groups in total. The Morgan fingerprint density at radius 3 is 2.95 bits per heavy atom. The molecule has 0 saturated heterocycles. The van der Waals surface area contributed by atoms with Crippen molar-refractivity contribution in [3.8, 4) is 0 Å². The van der Waals surface area contributed by atoms with Crippen molar-refractivity contribution in [3.05, 3.63) is 43.6 Å². The minimum Gasteiger partial charge on any atom is -0.397 e. The van der Waals surface area contributed by atoms with E-state index in [4.69, 9.17) is 5.73 Å². The third-order valence-electron chi connectivity index (χ3n) is 2.97. The predicted molar refractivity (Wildman–Crippen MR) is 92.0 cm³/mol. The van der Waals surface area contributed by atoms with Gasteiger partial charge in [0.2, 0.25) is 0 Å². The summed E-state index contributed by atoms with van der Waals surface area (Å²) in [7, 11) is 0. The van der Waals surface area contributed by atoms with Crippen LogP contribution in [0.4, 0.5) is 5.69 Å². The molecule has 2 heterocycles. The van der Waals surface area contributed by atoms with Crippen LogP contribution in [0.25, 0.3) is 10.1 Å². The van der Waals surface area contributed by atoms with Gasteiger partial charge >= 0.3 is 0 Å². The van der Waals surface area contributed by atoms with Gasteiger partial charge in [0.15, 0.2) is 0 Å². The average Bonchev–Trinajstić information content (AvgIpc) is 3.01. The molecule has 0 saturated carbocycles. The number of aromatic nitrogens is 1. The summed E-state index contributed by atoms with van der Waals surface area (Å²) in [6.07, 6.45) is 0. The number of hydrogen-bond acceptors (Lipinski definition) is 5. The van der Waals surface area contributed by atoms with E-state index in [9.17, 15) is 4.79 Å². The Bertz CT molecular complexity index is 825. The Morgan fingerprint density at radius 1 is 1.48 bits per heavy atom. The van der Waals surface area contributed by atoms with Crippen LogP contribution in [-0.4, -0.2) is 10.9 Å². The van der Waals surface area contributed by atoms with E-state index in [2.05, 4.69) is 26.2 Å². The van der Waals surface area contributed by atoms with Gasteiger partial charge in [-0.2, -0.15) is 0 Å².